The summed E-state index contributed by atoms with van der Waals surface area (Å²) in [6.45, 7) is 3.90. The molecule has 3 rings (SSSR count). The second kappa shape index (κ2) is 6.13. The highest BCUT2D eigenvalue weighted by molar-refractivity contribution is 7.09. The zero-order valence-electron chi connectivity index (χ0n) is 12.0. The van der Waals surface area contributed by atoms with Crippen molar-refractivity contribution in [1.82, 2.24) is 14.5 Å². The van der Waals surface area contributed by atoms with Crippen LogP contribution < -0.4 is 11.1 Å². The highest BCUT2D eigenvalue weighted by atomic mass is 32.1. The number of nitrogen functional groups attached to an aromatic ring is 1. The van der Waals surface area contributed by atoms with Gasteiger partial charge in [-0.2, -0.15) is 4.98 Å². The quantitative estimate of drug-likeness (QED) is 0.685. The third kappa shape index (κ3) is 3.00. The molecule has 110 valence electrons. The Bertz CT molecular complexity index is 717. The fraction of sp³-hybridized carbons (Fsp3) is 0.333. The van der Waals surface area contributed by atoms with Crippen molar-refractivity contribution >= 4 is 34.1 Å². The van der Waals surface area contributed by atoms with Crippen molar-refractivity contribution in [2.45, 2.75) is 26.3 Å². The molecule has 3 heterocycles. The van der Waals surface area contributed by atoms with Crippen molar-refractivity contribution in [1.29, 1.82) is 0 Å². The Hall–Kier alpha value is -2.08. The summed E-state index contributed by atoms with van der Waals surface area (Å²) in [6.07, 6.45) is 4.30. The number of unbranched alkanes of at least 4 members (excludes halogenated alkanes) is 1. The van der Waals surface area contributed by atoms with E-state index in [1.54, 1.807) is 11.3 Å². The second-order valence-corrected chi connectivity index (χ2v) is 6.00. The first-order valence-corrected chi connectivity index (χ1v) is 8.04. The van der Waals surface area contributed by atoms with Gasteiger partial charge in [0.05, 0.1) is 12.1 Å². The lowest BCUT2D eigenvalue weighted by Crippen LogP contribution is -2.08. The van der Waals surface area contributed by atoms with E-state index in [9.17, 15) is 0 Å². The van der Waals surface area contributed by atoms with Gasteiger partial charge >= 0.3 is 0 Å². The standard InChI is InChI=1S/C15H19N5S/c1-2-3-7-17-14-13-12(18-15(16)19-14)6-8-20(13)10-11-5-4-9-21-11/h4-6,8-9H,2-3,7,10H2,1H3,(H3,16,17,18,19). The largest absolute Gasteiger partial charge is 0.368 e. The molecule has 0 aliphatic carbocycles. The summed E-state index contributed by atoms with van der Waals surface area (Å²) in [7, 11) is 0. The molecule has 3 N–H and O–H groups in total. The topological polar surface area (TPSA) is 68.8 Å². The lowest BCUT2D eigenvalue weighted by molar-refractivity contribution is 0.824. The maximum atomic E-state index is 5.80. The second-order valence-electron chi connectivity index (χ2n) is 4.97. The van der Waals surface area contributed by atoms with E-state index in [1.807, 2.05) is 12.3 Å². The summed E-state index contributed by atoms with van der Waals surface area (Å²) in [5.41, 5.74) is 7.71. The molecule has 0 radical (unpaired) electrons. The van der Waals surface area contributed by atoms with Crippen LogP contribution >= 0.6 is 11.3 Å². The molecular formula is C15H19N5S. The SMILES string of the molecule is CCCCNc1nc(N)nc2ccn(Cc3cccs3)c12. The number of hydrogen-bond acceptors (Lipinski definition) is 5. The first-order chi connectivity index (χ1) is 10.3. The van der Waals surface area contributed by atoms with Crippen LogP contribution in [0.3, 0.4) is 0 Å². The van der Waals surface area contributed by atoms with Gasteiger partial charge in [0.1, 0.15) is 5.52 Å². The summed E-state index contributed by atoms with van der Waals surface area (Å²) in [5, 5.41) is 5.48. The number of aromatic nitrogens is 3. The van der Waals surface area contributed by atoms with E-state index >= 15 is 0 Å². The number of thiophene rings is 1. The van der Waals surface area contributed by atoms with Gasteiger partial charge in [0, 0.05) is 17.6 Å². The third-order valence-corrected chi connectivity index (χ3v) is 4.22. The van der Waals surface area contributed by atoms with Gasteiger partial charge < -0.3 is 15.6 Å². The van der Waals surface area contributed by atoms with Gasteiger partial charge in [-0.15, -0.1) is 11.3 Å². The molecule has 3 aromatic heterocycles. The van der Waals surface area contributed by atoms with Gasteiger partial charge in [0.2, 0.25) is 5.95 Å². The van der Waals surface area contributed by atoms with E-state index in [0.29, 0.717) is 5.95 Å². The minimum Gasteiger partial charge on any atom is -0.368 e. The van der Waals surface area contributed by atoms with Gasteiger partial charge in [-0.25, -0.2) is 4.98 Å². The Labute approximate surface area is 127 Å². The third-order valence-electron chi connectivity index (χ3n) is 3.36. The van der Waals surface area contributed by atoms with E-state index in [-0.39, 0.29) is 0 Å². The summed E-state index contributed by atoms with van der Waals surface area (Å²) in [4.78, 5) is 10.0. The van der Waals surface area contributed by atoms with E-state index in [0.717, 1.165) is 42.8 Å². The van der Waals surface area contributed by atoms with Gasteiger partial charge in [-0.1, -0.05) is 19.4 Å². The van der Waals surface area contributed by atoms with Crippen LogP contribution in [0.5, 0.6) is 0 Å². The number of fused-ring (bicyclic) bond motifs is 1. The molecule has 0 aliphatic heterocycles. The Balaban J connectivity index is 1.97. The maximum Gasteiger partial charge on any atom is 0.222 e. The van der Waals surface area contributed by atoms with Crippen LogP contribution in [-0.2, 0) is 6.54 Å². The van der Waals surface area contributed by atoms with Crippen LogP contribution in [0.1, 0.15) is 24.6 Å². The molecule has 0 aliphatic rings. The number of nitrogens with zero attached hydrogens (tertiary/aromatic N) is 3. The van der Waals surface area contributed by atoms with Gasteiger partial charge in [0.25, 0.3) is 0 Å². The van der Waals surface area contributed by atoms with Gasteiger partial charge in [-0.3, -0.25) is 0 Å². The highest BCUT2D eigenvalue weighted by Crippen LogP contribution is 2.24. The lowest BCUT2D eigenvalue weighted by atomic mass is 10.3. The number of nitrogens with two attached hydrogens (primary N) is 1. The number of nitrogens with one attached hydrogen (secondary N) is 1. The molecule has 3 aromatic rings. The van der Waals surface area contributed by atoms with Crippen LogP contribution in [-0.4, -0.2) is 21.1 Å². The van der Waals surface area contributed by atoms with Crippen molar-refractivity contribution < 1.29 is 0 Å². The molecule has 0 amide bonds. The fourth-order valence-corrected chi connectivity index (χ4v) is 3.04. The Morgan fingerprint density at radius 3 is 3.00 bits per heavy atom. The van der Waals surface area contributed by atoms with Gasteiger partial charge in [-0.05, 0) is 23.9 Å². The van der Waals surface area contributed by atoms with Crippen LogP contribution in [0.25, 0.3) is 11.0 Å². The molecule has 0 spiro atoms. The first kappa shape index (κ1) is 13.9. The Morgan fingerprint density at radius 2 is 2.24 bits per heavy atom. The predicted octanol–water partition coefficient (Wildman–Crippen LogP) is 3.34. The summed E-state index contributed by atoms with van der Waals surface area (Å²) >= 11 is 1.75. The molecule has 0 fully saturated rings. The van der Waals surface area contributed by atoms with Crippen molar-refractivity contribution in [3.05, 3.63) is 34.7 Å². The predicted molar refractivity (Wildman–Crippen MR) is 88.8 cm³/mol. The molecule has 0 aromatic carbocycles. The molecule has 6 heteroatoms. The molecule has 0 unspecified atom stereocenters. The normalized spacial score (nSPS) is 11.1. The molecule has 0 bridgehead atoms. The minimum atomic E-state index is 0.315. The Morgan fingerprint density at radius 1 is 1.33 bits per heavy atom. The zero-order chi connectivity index (χ0) is 14.7. The van der Waals surface area contributed by atoms with Crippen molar-refractivity contribution in [3.63, 3.8) is 0 Å². The number of anilines is 2. The van der Waals surface area contributed by atoms with Crippen LogP contribution in [0, 0.1) is 0 Å². The van der Waals surface area contributed by atoms with E-state index in [4.69, 9.17) is 5.73 Å². The molecule has 0 saturated carbocycles. The van der Waals surface area contributed by atoms with Crippen molar-refractivity contribution in [2.75, 3.05) is 17.6 Å². The van der Waals surface area contributed by atoms with Crippen LogP contribution in [0.15, 0.2) is 29.8 Å². The van der Waals surface area contributed by atoms with Crippen LogP contribution in [0.4, 0.5) is 11.8 Å². The fourth-order valence-electron chi connectivity index (χ4n) is 2.33. The minimum absolute atomic E-state index is 0.315. The molecule has 0 atom stereocenters. The molecule has 21 heavy (non-hydrogen) atoms. The lowest BCUT2D eigenvalue weighted by Gasteiger charge is -2.10. The summed E-state index contributed by atoms with van der Waals surface area (Å²) in [5.74, 6) is 1.14. The van der Waals surface area contributed by atoms with Crippen molar-refractivity contribution in [2.24, 2.45) is 0 Å². The van der Waals surface area contributed by atoms with E-state index < -0.39 is 0 Å². The number of rotatable bonds is 6. The van der Waals surface area contributed by atoms with Gasteiger partial charge in [0.15, 0.2) is 5.82 Å². The zero-order valence-corrected chi connectivity index (χ0v) is 12.9. The summed E-state index contributed by atoms with van der Waals surface area (Å²) < 4.78 is 2.18. The highest BCUT2D eigenvalue weighted by Gasteiger charge is 2.11. The molecule has 0 saturated heterocycles. The molecular weight excluding hydrogens is 282 g/mol. The smallest absolute Gasteiger partial charge is 0.222 e. The average Bonchev–Trinajstić information content (AvgIpc) is 3.10. The van der Waals surface area contributed by atoms with Crippen LogP contribution in [0.2, 0.25) is 0 Å². The Kier molecular flexibility index (Phi) is 4.06. The van der Waals surface area contributed by atoms with Crippen molar-refractivity contribution in [3.8, 4) is 0 Å². The number of hydrogen-bond donors (Lipinski definition) is 2. The van der Waals surface area contributed by atoms with E-state index in [1.165, 1.54) is 4.88 Å². The average molecular weight is 301 g/mol. The monoisotopic (exact) mass is 301 g/mol. The molecule has 5 nitrogen and oxygen atoms in total. The first-order valence-electron chi connectivity index (χ1n) is 7.16. The van der Waals surface area contributed by atoms with E-state index in [2.05, 4.69) is 44.3 Å². The maximum absolute atomic E-state index is 5.80. The summed E-state index contributed by atoms with van der Waals surface area (Å²) in [6, 6.07) is 6.20.